The van der Waals surface area contributed by atoms with Crippen molar-refractivity contribution >= 4 is 11.6 Å². The second-order valence-corrected chi connectivity index (χ2v) is 5.30. The van der Waals surface area contributed by atoms with E-state index in [9.17, 15) is 4.79 Å². The molecule has 0 saturated carbocycles. The molecule has 1 fully saturated rings. The lowest BCUT2D eigenvalue weighted by atomic mass is 10.1. The van der Waals surface area contributed by atoms with Gasteiger partial charge in [0.1, 0.15) is 0 Å². The summed E-state index contributed by atoms with van der Waals surface area (Å²) in [5.41, 5.74) is 3.56. The normalized spacial score (nSPS) is 17.5. The summed E-state index contributed by atoms with van der Waals surface area (Å²) in [6.07, 6.45) is 6.97. The minimum absolute atomic E-state index is 0.111. The zero-order valence-electron chi connectivity index (χ0n) is 11.9. The van der Waals surface area contributed by atoms with Crippen molar-refractivity contribution in [3.05, 3.63) is 24.0 Å². The van der Waals surface area contributed by atoms with Crippen LogP contribution in [-0.4, -0.2) is 41.5 Å². The molecule has 0 spiro atoms. The summed E-state index contributed by atoms with van der Waals surface area (Å²) in [5.74, 6) is 5.27. The van der Waals surface area contributed by atoms with Gasteiger partial charge in [0.25, 0.3) is 5.91 Å². The van der Waals surface area contributed by atoms with Crippen LogP contribution in [0.2, 0.25) is 0 Å². The maximum Gasteiger partial charge on any atom is 0.253 e. The second-order valence-electron chi connectivity index (χ2n) is 5.30. The quantitative estimate of drug-likeness (QED) is 0.552. The van der Waals surface area contributed by atoms with Crippen molar-refractivity contribution in [1.29, 1.82) is 0 Å². The molecule has 6 heteroatoms. The maximum atomic E-state index is 12.2. The van der Waals surface area contributed by atoms with Crippen molar-refractivity contribution in [1.82, 2.24) is 15.2 Å². The molecule has 1 saturated heterocycles. The van der Waals surface area contributed by atoms with Gasteiger partial charge in [0.05, 0.1) is 17.4 Å². The Hall–Kier alpha value is -1.66. The summed E-state index contributed by atoms with van der Waals surface area (Å²) in [7, 11) is 0. The number of carbonyl (C=O) groups is 1. The lowest BCUT2D eigenvalue weighted by Gasteiger charge is -2.29. The Labute approximate surface area is 119 Å². The minimum atomic E-state index is -0.121. The van der Waals surface area contributed by atoms with Crippen LogP contribution in [0.5, 0.6) is 0 Å². The van der Waals surface area contributed by atoms with Crippen LogP contribution in [0.1, 0.15) is 36.5 Å². The third kappa shape index (κ3) is 3.91. The van der Waals surface area contributed by atoms with E-state index in [2.05, 4.69) is 20.6 Å². The number of amides is 1. The molecular weight excluding hydrogens is 254 g/mol. The van der Waals surface area contributed by atoms with E-state index in [0.29, 0.717) is 11.3 Å². The van der Waals surface area contributed by atoms with Gasteiger partial charge in [-0.1, -0.05) is 6.42 Å². The van der Waals surface area contributed by atoms with Crippen LogP contribution >= 0.6 is 0 Å². The molecule has 6 nitrogen and oxygen atoms in total. The highest BCUT2D eigenvalue weighted by molar-refractivity contribution is 5.99. The molecule has 1 aliphatic heterocycles. The number of likely N-dealkylation sites (tertiary alicyclic amines) is 1. The van der Waals surface area contributed by atoms with Crippen LogP contribution in [0.15, 0.2) is 18.5 Å². The summed E-state index contributed by atoms with van der Waals surface area (Å²) in [4.78, 5) is 18.6. The average Bonchev–Trinajstić information content (AvgIpc) is 2.48. The van der Waals surface area contributed by atoms with E-state index in [0.717, 1.165) is 19.6 Å². The van der Waals surface area contributed by atoms with E-state index >= 15 is 0 Å². The van der Waals surface area contributed by atoms with Gasteiger partial charge >= 0.3 is 0 Å². The van der Waals surface area contributed by atoms with Crippen LogP contribution in [0, 0.1) is 0 Å². The number of nitrogens with zero attached hydrogens (tertiary/aromatic N) is 2. The largest absolute Gasteiger partial charge is 0.348 e. The van der Waals surface area contributed by atoms with E-state index in [1.807, 2.05) is 6.92 Å². The number of hydrazine groups is 1. The van der Waals surface area contributed by atoms with Crippen molar-refractivity contribution in [3.8, 4) is 0 Å². The molecule has 2 heterocycles. The first-order chi connectivity index (χ1) is 9.70. The Morgan fingerprint density at radius 1 is 1.45 bits per heavy atom. The molecule has 110 valence electrons. The lowest BCUT2D eigenvalue weighted by molar-refractivity contribution is 0.0926. The van der Waals surface area contributed by atoms with Crippen molar-refractivity contribution in [2.45, 2.75) is 32.2 Å². The van der Waals surface area contributed by atoms with Crippen molar-refractivity contribution < 1.29 is 4.79 Å². The minimum Gasteiger partial charge on any atom is -0.348 e. The fourth-order valence-corrected chi connectivity index (χ4v) is 2.58. The Kier molecular flexibility index (Phi) is 5.31. The molecule has 1 aliphatic rings. The van der Waals surface area contributed by atoms with E-state index < -0.39 is 0 Å². The molecular formula is C14H23N5O. The SMILES string of the molecule is CC(CN1CCCCC1)NC(=O)c1ccncc1NN. The third-order valence-corrected chi connectivity index (χ3v) is 3.58. The zero-order valence-corrected chi connectivity index (χ0v) is 11.9. The van der Waals surface area contributed by atoms with Crippen molar-refractivity contribution in [2.75, 3.05) is 25.1 Å². The molecule has 1 amide bonds. The smallest absolute Gasteiger partial charge is 0.253 e. The highest BCUT2D eigenvalue weighted by Gasteiger charge is 2.17. The zero-order chi connectivity index (χ0) is 14.4. The fourth-order valence-electron chi connectivity index (χ4n) is 2.58. The van der Waals surface area contributed by atoms with E-state index in [1.165, 1.54) is 19.3 Å². The van der Waals surface area contributed by atoms with Crippen LogP contribution in [-0.2, 0) is 0 Å². The molecule has 0 bridgehead atoms. The third-order valence-electron chi connectivity index (χ3n) is 3.58. The molecule has 0 aliphatic carbocycles. The Bertz CT molecular complexity index is 445. The molecule has 2 rings (SSSR count). The highest BCUT2D eigenvalue weighted by atomic mass is 16.1. The summed E-state index contributed by atoms with van der Waals surface area (Å²) in [5, 5.41) is 3.01. The Morgan fingerprint density at radius 3 is 2.90 bits per heavy atom. The number of pyridine rings is 1. The van der Waals surface area contributed by atoms with Gasteiger partial charge in [-0.25, -0.2) is 0 Å². The van der Waals surface area contributed by atoms with Crippen LogP contribution in [0.3, 0.4) is 0 Å². The fraction of sp³-hybridized carbons (Fsp3) is 0.571. The summed E-state index contributed by atoms with van der Waals surface area (Å²) < 4.78 is 0. The van der Waals surface area contributed by atoms with Gasteiger partial charge in [-0.05, 0) is 38.9 Å². The predicted octanol–water partition coefficient (Wildman–Crippen LogP) is 0.971. The molecule has 20 heavy (non-hydrogen) atoms. The van der Waals surface area contributed by atoms with E-state index in [-0.39, 0.29) is 11.9 Å². The van der Waals surface area contributed by atoms with Crippen LogP contribution < -0.4 is 16.6 Å². The standard InChI is InChI=1S/C14H23N5O/c1-11(10-19-7-3-2-4-8-19)17-14(20)12-5-6-16-9-13(12)18-15/h5-6,9,11,18H,2-4,7-8,10,15H2,1H3,(H,17,20). The summed E-state index contributed by atoms with van der Waals surface area (Å²) in [6, 6.07) is 1.78. The first-order valence-corrected chi connectivity index (χ1v) is 7.14. The van der Waals surface area contributed by atoms with Gasteiger partial charge in [0, 0.05) is 18.8 Å². The molecule has 4 N–H and O–H groups in total. The predicted molar refractivity (Wildman–Crippen MR) is 79.3 cm³/mol. The highest BCUT2D eigenvalue weighted by Crippen LogP contribution is 2.12. The lowest BCUT2D eigenvalue weighted by Crippen LogP contribution is -2.43. The van der Waals surface area contributed by atoms with Gasteiger partial charge in [-0.2, -0.15) is 0 Å². The molecule has 0 aromatic carbocycles. The number of aromatic nitrogens is 1. The van der Waals surface area contributed by atoms with Crippen LogP contribution in [0.25, 0.3) is 0 Å². The number of piperidine rings is 1. The van der Waals surface area contributed by atoms with Crippen molar-refractivity contribution in [3.63, 3.8) is 0 Å². The molecule has 1 unspecified atom stereocenters. The number of carbonyl (C=O) groups excluding carboxylic acids is 1. The summed E-state index contributed by atoms with van der Waals surface area (Å²) in [6.45, 7) is 5.18. The van der Waals surface area contributed by atoms with Gasteiger partial charge in [-0.15, -0.1) is 0 Å². The number of nitrogen functional groups attached to an aromatic ring is 1. The van der Waals surface area contributed by atoms with E-state index in [1.54, 1.807) is 18.5 Å². The Morgan fingerprint density at radius 2 is 2.20 bits per heavy atom. The number of nitrogens with one attached hydrogen (secondary N) is 2. The van der Waals surface area contributed by atoms with Gasteiger partial charge in [-0.3, -0.25) is 15.6 Å². The number of anilines is 1. The monoisotopic (exact) mass is 277 g/mol. The average molecular weight is 277 g/mol. The second kappa shape index (κ2) is 7.21. The van der Waals surface area contributed by atoms with Crippen molar-refractivity contribution in [2.24, 2.45) is 5.84 Å². The molecule has 1 aromatic rings. The molecule has 0 radical (unpaired) electrons. The first-order valence-electron chi connectivity index (χ1n) is 7.14. The van der Waals surface area contributed by atoms with Gasteiger partial charge in [0.15, 0.2) is 0 Å². The number of nitrogens with two attached hydrogens (primary N) is 1. The first kappa shape index (κ1) is 14.7. The summed E-state index contributed by atoms with van der Waals surface area (Å²) >= 11 is 0. The topological polar surface area (TPSA) is 83.3 Å². The van der Waals surface area contributed by atoms with Gasteiger partial charge < -0.3 is 15.6 Å². The number of hydrogen-bond donors (Lipinski definition) is 3. The van der Waals surface area contributed by atoms with Gasteiger partial charge in [0.2, 0.25) is 0 Å². The number of hydrogen-bond acceptors (Lipinski definition) is 5. The maximum absolute atomic E-state index is 12.2. The van der Waals surface area contributed by atoms with E-state index in [4.69, 9.17) is 5.84 Å². The number of rotatable bonds is 5. The molecule has 1 aromatic heterocycles. The molecule has 1 atom stereocenters. The Balaban J connectivity index is 1.89. The van der Waals surface area contributed by atoms with Crippen LogP contribution in [0.4, 0.5) is 5.69 Å².